The smallest absolute Gasteiger partial charge is 0.289 e. The Kier molecular flexibility index (Phi) is 5.85. The number of hydrogen-bond donors (Lipinski definition) is 2. The molecule has 2 aromatic carbocycles. The Morgan fingerprint density at radius 2 is 1.81 bits per heavy atom. The molecule has 0 spiro atoms. The maximum absolute atomic E-state index is 12.4. The van der Waals surface area contributed by atoms with Gasteiger partial charge in [0.25, 0.3) is 5.69 Å². The molecule has 144 valence electrons. The molecule has 0 aliphatic carbocycles. The van der Waals surface area contributed by atoms with E-state index in [1.165, 1.54) is 29.3 Å². The van der Waals surface area contributed by atoms with E-state index in [1.807, 2.05) is 18.2 Å². The van der Waals surface area contributed by atoms with Gasteiger partial charge in [0.2, 0.25) is 10.0 Å². The number of fused-ring (bicyclic) bond motifs is 1. The fraction of sp³-hybridized carbons (Fsp3) is 0.333. The van der Waals surface area contributed by atoms with Gasteiger partial charge in [0, 0.05) is 32.2 Å². The molecule has 2 N–H and O–H groups in total. The minimum absolute atomic E-state index is 0.216. The molecule has 1 unspecified atom stereocenters. The first-order chi connectivity index (χ1) is 12.9. The second-order valence-electron chi connectivity index (χ2n) is 6.48. The Balaban J connectivity index is 1.59. The molecule has 0 fully saturated rings. The van der Waals surface area contributed by atoms with Crippen LogP contribution in [0.1, 0.15) is 11.1 Å². The topological polar surface area (TPSA) is 113 Å². The predicted molar refractivity (Wildman–Crippen MR) is 99.7 cm³/mol. The molecular weight excluding hydrogens is 370 g/mol. The molecule has 0 aromatic heterocycles. The number of sulfonamides is 1. The van der Waals surface area contributed by atoms with Gasteiger partial charge in [-0.1, -0.05) is 36.4 Å². The minimum atomic E-state index is -4.09. The van der Waals surface area contributed by atoms with Crippen LogP contribution in [0.3, 0.4) is 0 Å². The quantitative estimate of drug-likeness (QED) is 0.543. The van der Waals surface area contributed by atoms with Crippen molar-refractivity contribution in [3.63, 3.8) is 0 Å². The number of aliphatic hydroxyl groups is 1. The third-order valence-corrected chi connectivity index (χ3v) is 6.01. The monoisotopic (exact) mass is 391 g/mol. The highest BCUT2D eigenvalue weighted by Crippen LogP contribution is 2.22. The molecule has 1 atom stereocenters. The summed E-state index contributed by atoms with van der Waals surface area (Å²) in [5, 5.41) is 21.3. The number of β-amino-alcohol motifs (C(OH)–C–C–N with tert-alkyl or cyclic N) is 1. The van der Waals surface area contributed by atoms with Gasteiger partial charge in [-0.15, -0.1) is 0 Å². The maximum atomic E-state index is 12.4. The Morgan fingerprint density at radius 1 is 1.15 bits per heavy atom. The molecule has 0 amide bonds. The number of nitro groups is 1. The van der Waals surface area contributed by atoms with Gasteiger partial charge in [-0.05, 0) is 23.6 Å². The summed E-state index contributed by atoms with van der Waals surface area (Å²) in [5.74, 6) is 0. The zero-order valence-corrected chi connectivity index (χ0v) is 15.4. The van der Waals surface area contributed by atoms with E-state index in [9.17, 15) is 23.6 Å². The average molecular weight is 391 g/mol. The average Bonchev–Trinajstić information content (AvgIpc) is 2.66. The van der Waals surface area contributed by atoms with Crippen molar-refractivity contribution in [2.24, 2.45) is 0 Å². The van der Waals surface area contributed by atoms with E-state index in [4.69, 9.17) is 0 Å². The van der Waals surface area contributed by atoms with Crippen LogP contribution in [0.15, 0.2) is 53.4 Å². The van der Waals surface area contributed by atoms with Crippen molar-refractivity contribution >= 4 is 15.7 Å². The second-order valence-corrected chi connectivity index (χ2v) is 8.22. The SMILES string of the molecule is O=[N+]([O-])c1ccccc1S(=O)(=O)NCC(O)CN1CCc2ccccc2C1. The Bertz CT molecular complexity index is 932. The van der Waals surface area contributed by atoms with E-state index in [0.717, 1.165) is 19.0 Å². The first-order valence-corrected chi connectivity index (χ1v) is 10.1. The molecule has 8 nitrogen and oxygen atoms in total. The standard InChI is InChI=1S/C18H21N3O5S/c22-16(13-20-10-9-14-5-1-2-6-15(14)12-20)11-19-27(25,26)18-8-4-3-7-17(18)21(23)24/h1-8,16,19,22H,9-13H2. The number of nitro benzene ring substituents is 1. The zero-order chi connectivity index (χ0) is 19.4. The van der Waals surface area contributed by atoms with E-state index in [1.54, 1.807) is 0 Å². The summed E-state index contributed by atoms with van der Waals surface area (Å²) in [5.41, 5.74) is 2.00. The summed E-state index contributed by atoms with van der Waals surface area (Å²) in [6.45, 7) is 1.58. The van der Waals surface area contributed by atoms with Crippen molar-refractivity contribution in [3.8, 4) is 0 Å². The lowest BCUT2D eigenvalue weighted by Gasteiger charge is -2.30. The predicted octanol–water partition coefficient (Wildman–Crippen LogP) is 1.29. The van der Waals surface area contributed by atoms with Gasteiger partial charge in [0.05, 0.1) is 11.0 Å². The van der Waals surface area contributed by atoms with Crippen LogP contribution in [-0.2, 0) is 23.0 Å². The molecule has 2 aromatic rings. The summed E-state index contributed by atoms with van der Waals surface area (Å²) in [6, 6.07) is 13.2. The zero-order valence-electron chi connectivity index (χ0n) is 14.6. The molecule has 0 saturated carbocycles. The molecule has 3 rings (SSSR count). The van der Waals surface area contributed by atoms with Crippen LogP contribution in [0.4, 0.5) is 5.69 Å². The fourth-order valence-corrected chi connectivity index (χ4v) is 4.43. The van der Waals surface area contributed by atoms with Gasteiger partial charge in [-0.25, -0.2) is 13.1 Å². The van der Waals surface area contributed by atoms with Crippen molar-refractivity contribution in [1.82, 2.24) is 9.62 Å². The first-order valence-electron chi connectivity index (χ1n) is 8.57. The van der Waals surface area contributed by atoms with E-state index in [-0.39, 0.29) is 6.54 Å². The Labute approximate surface area is 157 Å². The highest BCUT2D eigenvalue weighted by Gasteiger charge is 2.26. The van der Waals surface area contributed by atoms with Gasteiger partial charge >= 0.3 is 0 Å². The third-order valence-electron chi connectivity index (χ3n) is 4.54. The Hall–Kier alpha value is -2.33. The molecular formula is C18H21N3O5S. The third kappa shape index (κ3) is 4.69. The highest BCUT2D eigenvalue weighted by molar-refractivity contribution is 7.89. The number of aliphatic hydroxyl groups excluding tert-OH is 1. The van der Waals surface area contributed by atoms with E-state index in [2.05, 4.69) is 15.7 Å². The van der Waals surface area contributed by atoms with Crippen LogP contribution in [0.25, 0.3) is 0 Å². The molecule has 0 radical (unpaired) electrons. The Morgan fingerprint density at radius 3 is 2.56 bits per heavy atom. The number of rotatable bonds is 7. The van der Waals surface area contributed by atoms with Gasteiger partial charge in [-0.3, -0.25) is 15.0 Å². The van der Waals surface area contributed by atoms with Gasteiger partial charge in [0.1, 0.15) is 0 Å². The van der Waals surface area contributed by atoms with Gasteiger partial charge in [0.15, 0.2) is 4.90 Å². The lowest BCUT2D eigenvalue weighted by molar-refractivity contribution is -0.387. The summed E-state index contributed by atoms with van der Waals surface area (Å²) >= 11 is 0. The first kappa shape index (κ1) is 19.4. The van der Waals surface area contributed by atoms with Crippen molar-refractivity contribution in [3.05, 3.63) is 69.8 Å². The van der Waals surface area contributed by atoms with E-state index in [0.29, 0.717) is 13.1 Å². The van der Waals surface area contributed by atoms with Gasteiger partial charge in [-0.2, -0.15) is 0 Å². The summed E-state index contributed by atoms with van der Waals surface area (Å²) in [4.78, 5) is 11.9. The number of para-hydroxylation sites is 1. The number of hydrogen-bond acceptors (Lipinski definition) is 6. The molecule has 0 saturated heterocycles. The number of nitrogens with one attached hydrogen (secondary N) is 1. The van der Waals surface area contributed by atoms with Crippen molar-refractivity contribution < 1.29 is 18.4 Å². The van der Waals surface area contributed by atoms with Crippen LogP contribution >= 0.6 is 0 Å². The molecule has 1 aliphatic rings. The van der Waals surface area contributed by atoms with E-state index < -0.39 is 31.6 Å². The van der Waals surface area contributed by atoms with Crippen LogP contribution < -0.4 is 4.72 Å². The van der Waals surface area contributed by atoms with Crippen molar-refractivity contribution in [1.29, 1.82) is 0 Å². The van der Waals surface area contributed by atoms with Crippen molar-refractivity contribution in [2.45, 2.75) is 24.0 Å². The largest absolute Gasteiger partial charge is 0.390 e. The van der Waals surface area contributed by atoms with E-state index >= 15 is 0 Å². The van der Waals surface area contributed by atoms with Gasteiger partial charge < -0.3 is 5.11 Å². The van der Waals surface area contributed by atoms with Crippen LogP contribution in [-0.4, -0.2) is 49.1 Å². The summed E-state index contributed by atoms with van der Waals surface area (Å²) in [7, 11) is -4.09. The molecule has 1 heterocycles. The molecule has 1 aliphatic heterocycles. The maximum Gasteiger partial charge on any atom is 0.289 e. The van der Waals surface area contributed by atoms with Crippen LogP contribution in [0.5, 0.6) is 0 Å². The highest BCUT2D eigenvalue weighted by atomic mass is 32.2. The summed E-state index contributed by atoms with van der Waals surface area (Å²) < 4.78 is 27.0. The second kappa shape index (κ2) is 8.13. The molecule has 9 heteroatoms. The normalized spacial score (nSPS) is 15.9. The number of nitrogens with zero attached hydrogens (tertiary/aromatic N) is 2. The van der Waals surface area contributed by atoms with Crippen LogP contribution in [0.2, 0.25) is 0 Å². The lowest BCUT2D eigenvalue weighted by atomic mass is 10.00. The minimum Gasteiger partial charge on any atom is -0.390 e. The molecule has 27 heavy (non-hydrogen) atoms. The summed E-state index contributed by atoms with van der Waals surface area (Å²) in [6.07, 6.45) is -0.0435. The van der Waals surface area contributed by atoms with Crippen molar-refractivity contribution in [2.75, 3.05) is 19.6 Å². The fourth-order valence-electron chi connectivity index (χ4n) is 3.19. The lowest BCUT2D eigenvalue weighted by Crippen LogP contribution is -2.42. The van der Waals surface area contributed by atoms with Crippen LogP contribution in [0, 0.1) is 10.1 Å². The molecule has 0 bridgehead atoms. The number of benzene rings is 2.